The topological polar surface area (TPSA) is 62.5 Å². The maximum Gasteiger partial charge on any atom is 0.259 e. The first kappa shape index (κ1) is 14.8. The van der Waals surface area contributed by atoms with Gasteiger partial charge in [-0.15, -0.1) is 5.10 Å². The van der Waals surface area contributed by atoms with Crippen LogP contribution in [0.3, 0.4) is 0 Å². The van der Waals surface area contributed by atoms with Gasteiger partial charge < -0.3 is 14.2 Å². The van der Waals surface area contributed by atoms with Gasteiger partial charge in [0.05, 0.1) is 23.6 Å². The van der Waals surface area contributed by atoms with Gasteiger partial charge in [0.15, 0.2) is 5.82 Å². The van der Waals surface area contributed by atoms with Gasteiger partial charge in [0.25, 0.3) is 5.91 Å². The van der Waals surface area contributed by atoms with Crippen molar-refractivity contribution in [3.8, 4) is 0 Å². The summed E-state index contributed by atoms with van der Waals surface area (Å²) in [5, 5.41) is 8.60. The number of carbonyl (C=O) groups is 1. The fourth-order valence-corrected chi connectivity index (χ4v) is 2.87. The van der Waals surface area contributed by atoms with Crippen LogP contribution in [0.5, 0.6) is 0 Å². The van der Waals surface area contributed by atoms with Gasteiger partial charge in [-0.05, 0) is 42.6 Å². The molecule has 0 spiro atoms. The minimum Gasteiger partial charge on any atom is -0.452 e. The summed E-state index contributed by atoms with van der Waals surface area (Å²) in [6, 6.07) is 5.37. The Morgan fingerprint density at radius 1 is 1.36 bits per heavy atom. The number of aromatic nitrogens is 2. The third kappa shape index (κ3) is 2.66. The lowest BCUT2D eigenvalue weighted by atomic mass is 10.1. The van der Waals surface area contributed by atoms with E-state index in [9.17, 15) is 4.79 Å². The SMILES string of the molecule is CN(C)c1ccc(C2CCCN2C(=O)c2ccoc2Cl)nn1. The Labute approximate surface area is 133 Å². The number of furan rings is 1. The van der Waals surface area contributed by atoms with Crippen LogP contribution in [0.15, 0.2) is 28.9 Å². The normalized spacial score (nSPS) is 17.8. The highest BCUT2D eigenvalue weighted by atomic mass is 35.5. The first-order chi connectivity index (χ1) is 10.6. The van der Waals surface area contributed by atoms with Gasteiger partial charge in [0, 0.05) is 20.6 Å². The minimum atomic E-state index is -0.125. The third-order valence-electron chi connectivity index (χ3n) is 3.83. The number of hydrogen-bond donors (Lipinski definition) is 0. The van der Waals surface area contributed by atoms with Crippen molar-refractivity contribution in [2.75, 3.05) is 25.5 Å². The van der Waals surface area contributed by atoms with E-state index in [0.29, 0.717) is 12.1 Å². The van der Waals surface area contributed by atoms with Gasteiger partial charge in [-0.3, -0.25) is 4.79 Å². The number of anilines is 1. The fraction of sp³-hybridized carbons (Fsp3) is 0.400. The zero-order valence-electron chi connectivity index (χ0n) is 12.5. The Bertz CT molecular complexity index is 668. The summed E-state index contributed by atoms with van der Waals surface area (Å²) in [4.78, 5) is 16.3. The Balaban J connectivity index is 1.84. The van der Waals surface area contributed by atoms with Gasteiger partial charge in [-0.2, -0.15) is 5.10 Å². The minimum absolute atomic E-state index is 0.0674. The lowest BCUT2D eigenvalue weighted by molar-refractivity contribution is 0.0732. The number of nitrogens with zero attached hydrogens (tertiary/aromatic N) is 4. The second-order valence-electron chi connectivity index (χ2n) is 5.48. The zero-order chi connectivity index (χ0) is 15.7. The van der Waals surface area contributed by atoms with Crippen LogP contribution in [0.25, 0.3) is 0 Å². The van der Waals surface area contributed by atoms with Crippen molar-refractivity contribution in [1.29, 1.82) is 0 Å². The Morgan fingerprint density at radius 3 is 2.77 bits per heavy atom. The van der Waals surface area contributed by atoms with E-state index in [1.807, 2.05) is 31.1 Å². The summed E-state index contributed by atoms with van der Waals surface area (Å²) in [5.74, 6) is 0.664. The van der Waals surface area contributed by atoms with E-state index >= 15 is 0 Å². The van der Waals surface area contributed by atoms with E-state index in [4.69, 9.17) is 16.0 Å². The number of likely N-dealkylation sites (tertiary alicyclic amines) is 1. The molecular weight excluding hydrogens is 304 g/mol. The van der Waals surface area contributed by atoms with E-state index in [1.165, 1.54) is 6.26 Å². The van der Waals surface area contributed by atoms with Crippen molar-refractivity contribution in [3.05, 3.63) is 40.9 Å². The molecule has 3 rings (SSSR count). The average molecular weight is 321 g/mol. The molecule has 3 heterocycles. The number of rotatable bonds is 3. The van der Waals surface area contributed by atoms with Crippen LogP contribution in [-0.2, 0) is 0 Å². The van der Waals surface area contributed by atoms with Crippen molar-refractivity contribution in [1.82, 2.24) is 15.1 Å². The van der Waals surface area contributed by atoms with Gasteiger partial charge in [0.1, 0.15) is 0 Å². The molecule has 2 aromatic rings. The summed E-state index contributed by atoms with van der Waals surface area (Å²) in [6.45, 7) is 0.683. The third-order valence-corrected chi connectivity index (χ3v) is 4.13. The van der Waals surface area contributed by atoms with Crippen molar-refractivity contribution < 1.29 is 9.21 Å². The molecule has 1 saturated heterocycles. The molecule has 6 nitrogen and oxygen atoms in total. The molecular formula is C15H17ClN4O2. The van der Waals surface area contributed by atoms with E-state index in [-0.39, 0.29) is 17.2 Å². The van der Waals surface area contributed by atoms with Gasteiger partial charge in [-0.1, -0.05) is 0 Å². The molecule has 0 bridgehead atoms. The van der Waals surface area contributed by atoms with Gasteiger partial charge in [-0.25, -0.2) is 0 Å². The van der Waals surface area contributed by atoms with Crippen molar-refractivity contribution in [3.63, 3.8) is 0 Å². The van der Waals surface area contributed by atoms with Crippen LogP contribution in [0.4, 0.5) is 5.82 Å². The molecule has 1 amide bonds. The van der Waals surface area contributed by atoms with Crippen molar-refractivity contribution >= 4 is 23.3 Å². The molecule has 0 aliphatic carbocycles. The standard InChI is InChI=1S/C15H17ClN4O2/c1-19(2)13-6-5-11(17-18-13)12-4-3-8-20(12)15(21)10-7-9-22-14(10)16/h5-7,9,12H,3-4,8H2,1-2H3. The Hall–Kier alpha value is -2.08. The molecule has 0 radical (unpaired) electrons. The lowest BCUT2D eigenvalue weighted by Crippen LogP contribution is -2.31. The predicted octanol–water partition coefficient (Wildman–Crippen LogP) is 2.77. The first-order valence-electron chi connectivity index (χ1n) is 7.13. The van der Waals surface area contributed by atoms with Crippen molar-refractivity contribution in [2.45, 2.75) is 18.9 Å². The zero-order valence-corrected chi connectivity index (χ0v) is 13.2. The quantitative estimate of drug-likeness (QED) is 0.870. The molecule has 0 N–H and O–H groups in total. The molecule has 2 aromatic heterocycles. The number of carbonyl (C=O) groups excluding carboxylic acids is 1. The summed E-state index contributed by atoms with van der Waals surface area (Å²) >= 11 is 5.91. The van der Waals surface area contributed by atoms with E-state index < -0.39 is 0 Å². The molecule has 7 heteroatoms. The molecule has 1 aliphatic heterocycles. The summed E-state index contributed by atoms with van der Waals surface area (Å²) in [5.41, 5.74) is 1.20. The second kappa shape index (κ2) is 5.96. The van der Waals surface area contributed by atoms with E-state index in [0.717, 1.165) is 24.4 Å². The monoisotopic (exact) mass is 320 g/mol. The number of hydrogen-bond acceptors (Lipinski definition) is 5. The highest BCUT2D eigenvalue weighted by Crippen LogP contribution is 2.33. The van der Waals surface area contributed by atoms with Crippen LogP contribution in [-0.4, -0.2) is 41.6 Å². The van der Waals surface area contributed by atoms with Crippen LogP contribution >= 0.6 is 11.6 Å². The van der Waals surface area contributed by atoms with Gasteiger partial charge in [0.2, 0.25) is 5.22 Å². The van der Waals surface area contributed by atoms with Crippen LogP contribution < -0.4 is 4.90 Å². The molecule has 1 aliphatic rings. The summed E-state index contributed by atoms with van der Waals surface area (Å²) < 4.78 is 5.01. The van der Waals surface area contributed by atoms with Gasteiger partial charge >= 0.3 is 0 Å². The Morgan fingerprint density at radius 2 is 2.18 bits per heavy atom. The van der Waals surface area contributed by atoms with Crippen LogP contribution in [0.1, 0.15) is 34.9 Å². The smallest absolute Gasteiger partial charge is 0.259 e. The highest BCUT2D eigenvalue weighted by molar-refractivity contribution is 6.32. The van der Waals surface area contributed by atoms with Crippen LogP contribution in [0.2, 0.25) is 5.22 Å². The van der Waals surface area contributed by atoms with Crippen LogP contribution in [0, 0.1) is 0 Å². The molecule has 0 aromatic carbocycles. The molecule has 0 saturated carbocycles. The number of amides is 1. The molecule has 1 fully saturated rings. The molecule has 1 atom stereocenters. The average Bonchev–Trinajstić information content (AvgIpc) is 3.15. The Kier molecular flexibility index (Phi) is 4.02. The number of halogens is 1. The first-order valence-corrected chi connectivity index (χ1v) is 7.50. The fourth-order valence-electron chi connectivity index (χ4n) is 2.67. The second-order valence-corrected chi connectivity index (χ2v) is 5.82. The van der Waals surface area contributed by atoms with E-state index in [1.54, 1.807) is 11.0 Å². The lowest BCUT2D eigenvalue weighted by Gasteiger charge is -2.24. The molecule has 22 heavy (non-hydrogen) atoms. The van der Waals surface area contributed by atoms with Crippen molar-refractivity contribution in [2.24, 2.45) is 0 Å². The molecule has 116 valence electrons. The summed E-state index contributed by atoms with van der Waals surface area (Å²) in [6.07, 6.45) is 3.23. The molecule has 1 unspecified atom stereocenters. The summed E-state index contributed by atoms with van der Waals surface area (Å²) in [7, 11) is 3.83. The van der Waals surface area contributed by atoms with E-state index in [2.05, 4.69) is 10.2 Å². The largest absolute Gasteiger partial charge is 0.452 e. The maximum atomic E-state index is 12.6. The highest BCUT2D eigenvalue weighted by Gasteiger charge is 2.33. The predicted molar refractivity (Wildman–Crippen MR) is 83.1 cm³/mol. The maximum absolute atomic E-state index is 12.6.